The Morgan fingerprint density at radius 2 is 1.63 bits per heavy atom. The summed E-state index contributed by atoms with van der Waals surface area (Å²) in [4.78, 5) is 101. The van der Waals surface area contributed by atoms with Gasteiger partial charge < -0.3 is 30.7 Å². The third-order valence-electron chi connectivity index (χ3n) is 13.0. The smallest absolute Gasteiger partial charge is 0.303 e. The fourth-order valence-corrected chi connectivity index (χ4v) is 9.20. The molecule has 0 spiro atoms. The molecule has 7 atom stereocenters. The van der Waals surface area contributed by atoms with Crippen molar-refractivity contribution in [1.82, 2.24) is 25.4 Å². The molecule has 362 valence electrons. The molecule has 4 amide bonds. The maximum Gasteiger partial charge on any atom is 0.303 e. The van der Waals surface area contributed by atoms with Crippen molar-refractivity contribution in [3.05, 3.63) is 39.8 Å². The molecule has 3 rings (SSSR count). The second-order valence-electron chi connectivity index (χ2n) is 18.8. The van der Waals surface area contributed by atoms with Gasteiger partial charge in [-0.05, 0) is 89.1 Å². The van der Waals surface area contributed by atoms with Gasteiger partial charge in [-0.2, -0.15) is 0 Å². The second kappa shape index (κ2) is 25.3. The van der Waals surface area contributed by atoms with E-state index in [1.54, 1.807) is 50.2 Å². The summed E-state index contributed by atoms with van der Waals surface area (Å²) in [5.74, 6) is -3.53. The van der Waals surface area contributed by atoms with E-state index in [1.807, 2.05) is 48.5 Å². The molecular weight excluding hydrogens is 849 g/mol. The lowest BCUT2D eigenvalue weighted by Crippen LogP contribution is -2.51. The van der Waals surface area contributed by atoms with Crippen molar-refractivity contribution in [2.45, 2.75) is 170 Å². The van der Waals surface area contributed by atoms with Crippen LogP contribution in [-0.2, 0) is 39.9 Å². The number of aromatic hydroxyl groups is 1. The van der Waals surface area contributed by atoms with Gasteiger partial charge in [-0.25, -0.2) is 4.98 Å². The number of anilines is 1. The highest BCUT2D eigenvalue weighted by atomic mass is 32.1. The van der Waals surface area contributed by atoms with E-state index in [-0.39, 0.29) is 90.1 Å². The molecule has 0 bridgehead atoms. The standard InChI is InChI=1S/C49H76N6O9S/c1-13-18-35(24-34-19-20-40(57)37(25-34)52-45(61)31(7)23-41(58)32(8)50-44(60)15-3)51-46(62)38-28-65-47(53-38)42(64-33(9)56)27-39(29(4)5)54(12)48(63)36(30(6)14-2)26-43(59)49(10,11)55-21-16-17-22-55/h19-20,25,28-32,35-36,39,42,57H,13-18,21-24,26-27H2,1-12H3,(H,50,60)(H,51,62)(H,52,61)/t30-,31+,32-,35+,36-,39+,42+/m0/s1. The van der Waals surface area contributed by atoms with Crippen molar-refractivity contribution in [3.63, 3.8) is 0 Å². The lowest BCUT2D eigenvalue weighted by Gasteiger charge is -2.38. The summed E-state index contributed by atoms with van der Waals surface area (Å²) >= 11 is 1.19. The highest BCUT2D eigenvalue weighted by Gasteiger charge is 2.41. The predicted molar refractivity (Wildman–Crippen MR) is 253 cm³/mol. The number of ether oxygens (including phenoxy) is 1. The molecule has 65 heavy (non-hydrogen) atoms. The van der Waals surface area contributed by atoms with Gasteiger partial charge in [-0.1, -0.05) is 67.4 Å². The topological polar surface area (TPSA) is 204 Å². The Hall–Kier alpha value is -4.70. The first kappa shape index (κ1) is 54.6. The number of nitrogens with zero attached hydrogens (tertiary/aromatic N) is 3. The van der Waals surface area contributed by atoms with E-state index in [9.17, 15) is 38.7 Å². The number of likely N-dealkylation sites (tertiary alicyclic amines) is 1. The van der Waals surface area contributed by atoms with Crippen LogP contribution in [-0.4, -0.2) is 105 Å². The quantitative estimate of drug-likeness (QED) is 0.0540. The van der Waals surface area contributed by atoms with Gasteiger partial charge in [0.05, 0.1) is 17.3 Å². The minimum atomic E-state index is -0.845. The summed E-state index contributed by atoms with van der Waals surface area (Å²) in [7, 11) is 1.76. The fraction of sp³-hybridized carbons (Fsp3) is 0.673. The molecule has 1 aromatic heterocycles. The molecule has 1 saturated heterocycles. The van der Waals surface area contributed by atoms with Crippen LogP contribution < -0.4 is 16.0 Å². The number of amides is 4. The number of aromatic nitrogens is 1. The molecule has 0 radical (unpaired) electrons. The van der Waals surface area contributed by atoms with E-state index in [1.165, 1.54) is 24.3 Å². The van der Waals surface area contributed by atoms with Crippen LogP contribution in [0.15, 0.2) is 23.6 Å². The van der Waals surface area contributed by atoms with Crippen molar-refractivity contribution in [2.75, 3.05) is 25.5 Å². The van der Waals surface area contributed by atoms with Gasteiger partial charge in [0.1, 0.15) is 16.5 Å². The highest BCUT2D eigenvalue weighted by Crippen LogP contribution is 2.34. The lowest BCUT2D eigenvalue weighted by atomic mass is 9.81. The summed E-state index contributed by atoms with van der Waals surface area (Å²) in [5.41, 5.74) is 0.381. The molecule has 1 aromatic carbocycles. The third-order valence-corrected chi connectivity index (χ3v) is 13.9. The molecule has 16 heteroatoms. The van der Waals surface area contributed by atoms with Gasteiger partial charge in [0.15, 0.2) is 17.7 Å². The first-order valence-corrected chi connectivity index (χ1v) is 24.3. The van der Waals surface area contributed by atoms with Crippen molar-refractivity contribution in [1.29, 1.82) is 0 Å². The minimum Gasteiger partial charge on any atom is -0.506 e. The summed E-state index contributed by atoms with van der Waals surface area (Å²) in [6.07, 6.45) is 4.24. The number of hydrogen-bond acceptors (Lipinski definition) is 12. The van der Waals surface area contributed by atoms with Crippen LogP contribution in [0.5, 0.6) is 5.75 Å². The van der Waals surface area contributed by atoms with E-state index >= 15 is 0 Å². The Balaban J connectivity index is 1.76. The zero-order chi connectivity index (χ0) is 48.8. The molecule has 0 aliphatic carbocycles. The van der Waals surface area contributed by atoms with Crippen LogP contribution in [0, 0.1) is 23.7 Å². The molecule has 1 fully saturated rings. The molecule has 1 aliphatic heterocycles. The molecule has 2 heterocycles. The number of hydrogen-bond donors (Lipinski definition) is 4. The Morgan fingerprint density at radius 1 is 0.969 bits per heavy atom. The minimum absolute atomic E-state index is 0.0386. The van der Waals surface area contributed by atoms with Gasteiger partial charge in [0, 0.05) is 69.0 Å². The number of benzene rings is 1. The van der Waals surface area contributed by atoms with Crippen molar-refractivity contribution >= 4 is 58.2 Å². The van der Waals surface area contributed by atoms with Crippen molar-refractivity contribution < 1.29 is 43.4 Å². The number of Topliss-reactive ketones (excluding diaryl/α,β-unsaturated/α-hetero) is 2. The highest BCUT2D eigenvalue weighted by molar-refractivity contribution is 7.09. The average molecular weight is 925 g/mol. The zero-order valence-electron chi connectivity index (χ0n) is 40.9. The van der Waals surface area contributed by atoms with E-state index in [0.29, 0.717) is 17.8 Å². The van der Waals surface area contributed by atoms with Crippen LogP contribution in [0.4, 0.5) is 5.69 Å². The molecule has 0 saturated carbocycles. The van der Waals surface area contributed by atoms with Crippen LogP contribution in [0.2, 0.25) is 0 Å². The van der Waals surface area contributed by atoms with Crippen LogP contribution in [0.3, 0.4) is 0 Å². The number of esters is 1. The van der Waals surface area contributed by atoms with Gasteiger partial charge in [-0.15, -0.1) is 11.3 Å². The Bertz CT molecular complexity index is 1960. The molecule has 0 unspecified atom stereocenters. The zero-order valence-corrected chi connectivity index (χ0v) is 41.7. The molecule has 4 N–H and O–H groups in total. The fourth-order valence-electron chi connectivity index (χ4n) is 8.36. The largest absolute Gasteiger partial charge is 0.506 e. The predicted octanol–water partition coefficient (Wildman–Crippen LogP) is 7.41. The first-order chi connectivity index (χ1) is 30.5. The second-order valence-corrected chi connectivity index (χ2v) is 19.6. The molecular formula is C49H76N6O9S. The van der Waals surface area contributed by atoms with E-state index in [0.717, 1.165) is 44.3 Å². The number of rotatable bonds is 26. The van der Waals surface area contributed by atoms with Gasteiger partial charge in [0.25, 0.3) is 5.91 Å². The number of phenolic OH excluding ortho intramolecular Hbond substituents is 1. The van der Waals surface area contributed by atoms with Crippen molar-refractivity contribution in [3.8, 4) is 5.75 Å². The number of carbonyl (C=O) groups is 7. The van der Waals surface area contributed by atoms with Crippen LogP contribution >= 0.6 is 11.3 Å². The van der Waals surface area contributed by atoms with E-state index < -0.39 is 47.3 Å². The monoisotopic (exact) mass is 925 g/mol. The Labute approximate surface area is 390 Å². The maximum absolute atomic E-state index is 14.4. The van der Waals surface area contributed by atoms with Gasteiger partial charge in [0.2, 0.25) is 17.7 Å². The number of phenols is 1. The van der Waals surface area contributed by atoms with Crippen LogP contribution in [0.25, 0.3) is 0 Å². The SMILES string of the molecule is CCC[C@H](Cc1ccc(O)c(NC(=O)[C@H](C)CC(=O)[C@H](C)NC(=O)CC)c1)NC(=O)c1csc([C@@H](C[C@H](C(C)C)N(C)C(=O)[C@@H](CC(=O)C(C)(C)N2CCCC2)[C@@H](C)CC)OC(C)=O)n1. The molecule has 15 nitrogen and oxygen atoms in total. The van der Waals surface area contributed by atoms with Gasteiger partial charge in [-0.3, -0.25) is 38.5 Å². The normalized spacial score (nSPS) is 16.4. The summed E-state index contributed by atoms with van der Waals surface area (Å²) < 4.78 is 5.84. The third kappa shape index (κ3) is 15.7. The lowest BCUT2D eigenvalue weighted by molar-refractivity contribution is -0.149. The number of thiazole rings is 1. The summed E-state index contributed by atoms with van der Waals surface area (Å²) in [6.45, 7) is 21.9. The first-order valence-electron chi connectivity index (χ1n) is 23.5. The Kier molecular flexibility index (Phi) is 21.2. The maximum atomic E-state index is 14.4. The van der Waals surface area contributed by atoms with Crippen molar-refractivity contribution in [2.24, 2.45) is 23.7 Å². The number of carbonyl (C=O) groups excluding carboxylic acids is 7. The number of nitrogens with one attached hydrogen (secondary N) is 3. The van der Waals surface area contributed by atoms with Gasteiger partial charge >= 0.3 is 5.97 Å². The summed E-state index contributed by atoms with van der Waals surface area (Å²) in [6, 6.07) is 3.34. The Morgan fingerprint density at radius 3 is 2.22 bits per heavy atom. The van der Waals surface area contributed by atoms with E-state index in [4.69, 9.17) is 4.74 Å². The van der Waals surface area contributed by atoms with Crippen LogP contribution in [0.1, 0.15) is 161 Å². The summed E-state index contributed by atoms with van der Waals surface area (Å²) in [5, 5.41) is 21.1. The molecule has 2 aromatic rings. The molecule has 1 aliphatic rings. The number of ketones is 2. The average Bonchev–Trinajstić information content (AvgIpc) is 3.99. The van der Waals surface area contributed by atoms with E-state index in [2.05, 4.69) is 25.8 Å².